The lowest BCUT2D eigenvalue weighted by molar-refractivity contribution is -0.114. The fourth-order valence-corrected chi connectivity index (χ4v) is 4.30. The molecule has 1 amide bonds. The Morgan fingerprint density at radius 2 is 1.80 bits per heavy atom. The van der Waals surface area contributed by atoms with Crippen molar-refractivity contribution in [3.05, 3.63) is 72.4 Å². The Hall–Kier alpha value is -3.64. The Bertz CT molecular complexity index is 1160. The van der Waals surface area contributed by atoms with Crippen LogP contribution >= 0.6 is 0 Å². The lowest BCUT2D eigenvalue weighted by Gasteiger charge is -2.25. The van der Waals surface area contributed by atoms with Crippen molar-refractivity contribution in [2.45, 2.75) is 24.8 Å². The molecule has 3 aromatic rings. The van der Waals surface area contributed by atoms with Crippen LogP contribution in [-0.4, -0.2) is 30.7 Å². The second-order valence-electron chi connectivity index (χ2n) is 6.79. The zero-order valence-corrected chi connectivity index (χ0v) is 17.4. The number of anilines is 2. The molecular weight excluding hydrogens is 402 g/mol. The van der Waals surface area contributed by atoms with E-state index in [1.165, 1.54) is 18.3 Å². The Morgan fingerprint density at radius 1 is 1.13 bits per heavy atom. The number of nitrogens with zero attached hydrogens (tertiary/aromatic N) is 4. The molecular formula is C21H21N5O3S. The number of carbonyl (C=O) groups excluding carboxylic acids is 1. The Labute approximate surface area is 175 Å². The zero-order valence-electron chi connectivity index (χ0n) is 16.6. The molecule has 0 aliphatic rings. The fourth-order valence-electron chi connectivity index (χ4n) is 2.87. The van der Waals surface area contributed by atoms with E-state index in [0.717, 1.165) is 4.31 Å². The molecule has 0 fully saturated rings. The van der Waals surface area contributed by atoms with Crippen LogP contribution in [0.15, 0.2) is 71.8 Å². The first-order chi connectivity index (χ1) is 14.3. The molecule has 30 heavy (non-hydrogen) atoms. The van der Waals surface area contributed by atoms with E-state index in [1.54, 1.807) is 53.2 Å². The summed E-state index contributed by atoms with van der Waals surface area (Å²) >= 11 is 0. The average molecular weight is 423 g/mol. The normalized spacial score (nSPS) is 11.1. The number of amides is 1. The molecule has 0 saturated carbocycles. The molecule has 0 aliphatic carbocycles. The Balaban J connectivity index is 1.94. The van der Waals surface area contributed by atoms with Crippen molar-refractivity contribution >= 4 is 27.4 Å². The summed E-state index contributed by atoms with van der Waals surface area (Å²) in [7, 11) is -4.01. The summed E-state index contributed by atoms with van der Waals surface area (Å²) in [5, 5.41) is 15.8. The molecule has 8 nitrogen and oxygen atoms in total. The van der Waals surface area contributed by atoms with Crippen LogP contribution in [0.25, 0.3) is 0 Å². The molecule has 1 N–H and O–H groups in total. The third-order valence-electron chi connectivity index (χ3n) is 4.31. The standard InChI is InChI=1S/C21H21N5O3S/c1-16(2)26-21(12-13-23-26)25(30(28,29)19-6-4-3-5-7-19)15-20(27)24-18-10-8-17(14-22)9-11-18/h3-13,16H,15H2,1-2H3,(H,24,27). The van der Waals surface area contributed by atoms with Gasteiger partial charge in [0.2, 0.25) is 5.91 Å². The van der Waals surface area contributed by atoms with Crippen molar-refractivity contribution in [3.8, 4) is 6.07 Å². The maximum Gasteiger partial charge on any atom is 0.265 e. The molecule has 0 spiro atoms. The van der Waals surface area contributed by atoms with Gasteiger partial charge in [-0.25, -0.2) is 17.4 Å². The summed E-state index contributed by atoms with van der Waals surface area (Å²) in [6, 6.07) is 17.7. The average Bonchev–Trinajstić information content (AvgIpc) is 3.23. The lowest BCUT2D eigenvalue weighted by Crippen LogP contribution is -2.39. The van der Waals surface area contributed by atoms with Gasteiger partial charge in [0.05, 0.1) is 22.7 Å². The van der Waals surface area contributed by atoms with E-state index >= 15 is 0 Å². The predicted octanol–water partition coefficient (Wildman–Crippen LogP) is 3.17. The van der Waals surface area contributed by atoms with Crippen LogP contribution in [0.4, 0.5) is 11.5 Å². The van der Waals surface area contributed by atoms with Crippen LogP contribution in [0.2, 0.25) is 0 Å². The number of benzene rings is 2. The van der Waals surface area contributed by atoms with Crippen LogP contribution in [0.1, 0.15) is 25.5 Å². The minimum absolute atomic E-state index is 0.0766. The van der Waals surface area contributed by atoms with Gasteiger partial charge in [0, 0.05) is 17.8 Å². The van der Waals surface area contributed by atoms with E-state index in [-0.39, 0.29) is 10.9 Å². The summed E-state index contributed by atoms with van der Waals surface area (Å²) in [6.45, 7) is 3.32. The van der Waals surface area contributed by atoms with E-state index in [0.29, 0.717) is 17.1 Å². The highest BCUT2D eigenvalue weighted by Gasteiger charge is 2.30. The number of carbonyl (C=O) groups is 1. The molecule has 0 unspecified atom stereocenters. The first-order valence-corrected chi connectivity index (χ1v) is 10.7. The van der Waals surface area contributed by atoms with Crippen LogP contribution < -0.4 is 9.62 Å². The summed E-state index contributed by atoms with van der Waals surface area (Å²) in [5.74, 6) is -0.223. The van der Waals surface area contributed by atoms with Crippen LogP contribution in [-0.2, 0) is 14.8 Å². The quantitative estimate of drug-likeness (QED) is 0.628. The molecule has 3 rings (SSSR count). The molecule has 154 valence electrons. The third kappa shape index (κ3) is 4.50. The van der Waals surface area contributed by atoms with Gasteiger partial charge in [-0.2, -0.15) is 10.4 Å². The van der Waals surface area contributed by atoms with E-state index in [2.05, 4.69) is 10.4 Å². The summed E-state index contributed by atoms with van der Waals surface area (Å²) < 4.78 is 29.3. The fraction of sp³-hybridized carbons (Fsp3) is 0.190. The number of nitrogens with one attached hydrogen (secondary N) is 1. The smallest absolute Gasteiger partial charge is 0.265 e. The van der Waals surface area contributed by atoms with Crippen molar-refractivity contribution in [1.29, 1.82) is 5.26 Å². The van der Waals surface area contributed by atoms with E-state index < -0.39 is 22.5 Å². The van der Waals surface area contributed by atoms with E-state index in [1.807, 2.05) is 19.9 Å². The molecule has 0 radical (unpaired) electrons. The molecule has 0 bridgehead atoms. The third-order valence-corrected chi connectivity index (χ3v) is 6.07. The number of hydrogen-bond acceptors (Lipinski definition) is 5. The van der Waals surface area contributed by atoms with Gasteiger partial charge >= 0.3 is 0 Å². The SMILES string of the molecule is CC(C)n1nccc1N(CC(=O)Nc1ccc(C#N)cc1)S(=O)(=O)c1ccccc1. The predicted molar refractivity (Wildman–Crippen MR) is 113 cm³/mol. The van der Waals surface area contributed by atoms with Crippen LogP contribution in [0.3, 0.4) is 0 Å². The molecule has 0 atom stereocenters. The number of sulfonamides is 1. The van der Waals surface area contributed by atoms with Gasteiger partial charge in [-0.3, -0.25) is 4.79 Å². The van der Waals surface area contributed by atoms with Crippen molar-refractivity contribution in [2.75, 3.05) is 16.2 Å². The molecule has 0 saturated heterocycles. The molecule has 9 heteroatoms. The number of nitriles is 1. The van der Waals surface area contributed by atoms with Crippen LogP contribution in [0, 0.1) is 11.3 Å². The molecule has 1 aromatic heterocycles. The van der Waals surface area contributed by atoms with Gasteiger partial charge in [0.25, 0.3) is 10.0 Å². The minimum Gasteiger partial charge on any atom is -0.325 e. The first-order valence-electron chi connectivity index (χ1n) is 9.24. The van der Waals surface area contributed by atoms with Gasteiger partial charge < -0.3 is 5.32 Å². The Morgan fingerprint density at radius 3 is 2.40 bits per heavy atom. The number of aromatic nitrogens is 2. The van der Waals surface area contributed by atoms with Gasteiger partial charge in [-0.15, -0.1) is 0 Å². The maximum atomic E-state index is 13.3. The minimum atomic E-state index is -4.01. The van der Waals surface area contributed by atoms with Crippen LogP contribution in [0.5, 0.6) is 0 Å². The van der Waals surface area contributed by atoms with Gasteiger partial charge in [-0.1, -0.05) is 18.2 Å². The molecule has 0 aliphatic heterocycles. The van der Waals surface area contributed by atoms with Gasteiger partial charge in [0.15, 0.2) is 0 Å². The highest BCUT2D eigenvalue weighted by atomic mass is 32.2. The van der Waals surface area contributed by atoms with E-state index in [4.69, 9.17) is 5.26 Å². The number of hydrogen-bond donors (Lipinski definition) is 1. The highest BCUT2D eigenvalue weighted by molar-refractivity contribution is 7.92. The van der Waals surface area contributed by atoms with Gasteiger partial charge in [-0.05, 0) is 50.2 Å². The summed E-state index contributed by atoms with van der Waals surface area (Å²) in [6.07, 6.45) is 1.50. The van der Waals surface area contributed by atoms with Crippen molar-refractivity contribution in [3.63, 3.8) is 0 Å². The topological polar surface area (TPSA) is 108 Å². The molecule has 1 heterocycles. The first kappa shape index (κ1) is 21.1. The highest BCUT2D eigenvalue weighted by Crippen LogP contribution is 2.25. The van der Waals surface area contributed by atoms with Crippen molar-refractivity contribution < 1.29 is 13.2 Å². The van der Waals surface area contributed by atoms with Crippen molar-refractivity contribution in [1.82, 2.24) is 9.78 Å². The largest absolute Gasteiger partial charge is 0.325 e. The second kappa shape index (κ2) is 8.80. The maximum absolute atomic E-state index is 13.3. The lowest BCUT2D eigenvalue weighted by atomic mass is 10.2. The van der Waals surface area contributed by atoms with Gasteiger partial charge in [0.1, 0.15) is 12.4 Å². The zero-order chi connectivity index (χ0) is 21.7. The summed E-state index contributed by atoms with van der Waals surface area (Å²) in [4.78, 5) is 12.8. The summed E-state index contributed by atoms with van der Waals surface area (Å²) in [5.41, 5.74) is 0.926. The van der Waals surface area contributed by atoms with E-state index in [9.17, 15) is 13.2 Å². The second-order valence-corrected chi connectivity index (χ2v) is 8.65. The van der Waals surface area contributed by atoms with Crippen molar-refractivity contribution in [2.24, 2.45) is 0 Å². The number of rotatable bonds is 7. The Kier molecular flexibility index (Phi) is 6.18. The molecule has 2 aromatic carbocycles. The monoisotopic (exact) mass is 423 g/mol.